The minimum absolute atomic E-state index is 0.129. The van der Waals surface area contributed by atoms with Crippen LogP contribution >= 0.6 is 45.3 Å². The summed E-state index contributed by atoms with van der Waals surface area (Å²) >= 11 is 6.89. The van der Waals surface area contributed by atoms with Gasteiger partial charge >= 0.3 is 0 Å². The summed E-state index contributed by atoms with van der Waals surface area (Å²) < 4.78 is 0. The van der Waals surface area contributed by atoms with Gasteiger partial charge in [-0.3, -0.25) is 4.79 Å². The van der Waals surface area contributed by atoms with E-state index in [4.69, 9.17) is 0 Å². The maximum Gasteiger partial charge on any atom is 0.195 e. The van der Waals surface area contributed by atoms with Crippen LogP contribution in [0.25, 0.3) is 20.9 Å². The highest BCUT2D eigenvalue weighted by atomic mass is 32.1. The maximum absolute atomic E-state index is 13.4. The molecule has 0 aromatic carbocycles. The van der Waals surface area contributed by atoms with Crippen LogP contribution in [-0.4, -0.2) is 5.78 Å². The fraction of sp³-hybridized carbons (Fsp3) is 0.190. The zero-order valence-electron chi connectivity index (χ0n) is 15.0. The summed E-state index contributed by atoms with van der Waals surface area (Å²) in [5, 5.41) is 4.06. The summed E-state index contributed by atoms with van der Waals surface area (Å²) in [5.41, 5.74) is 4.04. The van der Waals surface area contributed by atoms with Gasteiger partial charge in [0.15, 0.2) is 5.78 Å². The van der Waals surface area contributed by atoms with E-state index < -0.39 is 0 Å². The second-order valence-electron chi connectivity index (χ2n) is 6.31. The molecule has 0 aliphatic carbocycles. The number of hydrogen-bond acceptors (Lipinski definition) is 5. The van der Waals surface area contributed by atoms with Gasteiger partial charge in [0.1, 0.15) is 0 Å². The normalized spacial score (nSPS) is 11.2. The van der Waals surface area contributed by atoms with Crippen molar-refractivity contribution in [3.8, 4) is 20.9 Å². The Labute approximate surface area is 169 Å². The van der Waals surface area contributed by atoms with Crippen molar-refractivity contribution < 1.29 is 4.79 Å². The Bertz CT molecular complexity index is 1020. The zero-order valence-corrected chi connectivity index (χ0v) is 18.3. The van der Waals surface area contributed by atoms with E-state index in [1.54, 1.807) is 45.3 Å². The summed E-state index contributed by atoms with van der Waals surface area (Å²) in [6.07, 6.45) is 0. The average Bonchev–Trinajstić information content (AvgIpc) is 3.34. The minimum Gasteiger partial charge on any atom is -0.289 e. The summed E-state index contributed by atoms with van der Waals surface area (Å²) in [6.45, 7) is 8.51. The van der Waals surface area contributed by atoms with Crippen LogP contribution in [0.5, 0.6) is 0 Å². The Morgan fingerprint density at radius 1 is 0.731 bits per heavy atom. The summed E-state index contributed by atoms with van der Waals surface area (Å²) in [6, 6.07) is 8.34. The predicted molar refractivity (Wildman–Crippen MR) is 118 cm³/mol. The number of carbonyl (C=O) groups excluding carboxylic acids is 1. The van der Waals surface area contributed by atoms with Crippen LogP contribution in [-0.2, 0) is 0 Å². The lowest BCUT2D eigenvalue weighted by atomic mass is 10.00. The summed E-state index contributed by atoms with van der Waals surface area (Å²) in [5.74, 6) is 0.129. The number of thiophene rings is 4. The number of ketones is 1. The first-order valence-corrected chi connectivity index (χ1v) is 11.7. The predicted octanol–water partition coefficient (Wildman–Crippen LogP) is 7.73. The van der Waals surface area contributed by atoms with Crippen LogP contribution in [0, 0.1) is 27.7 Å². The molecule has 4 heterocycles. The molecular weight excluding hydrogens is 396 g/mol. The van der Waals surface area contributed by atoms with E-state index in [-0.39, 0.29) is 5.78 Å². The first kappa shape index (κ1) is 17.9. The quantitative estimate of drug-likeness (QED) is 0.312. The molecule has 0 fully saturated rings. The monoisotopic (exact) mass is 414 g/mol. The molecule has 132 valence electrons. The first-order valence-electron chi connectivity index (χ1n) is 8.30. The molecule has 0 aliphatic rings. The molecule has 0 N–H and O–H groups in total. The largest absolute Gasteiger partial charge is 0.289 e. The van der Waals surface area contributed by atoms with Gasteiger partial charge in [-0.15, -0.1) is 45.3 Å². The minimum atomic E-state index is 0.129. The topological polar surface area (TPSA) is 17.1 Å². The standard InChI is InChI=1S/C21H18OS4/c1-11-9-17(13(3)25-11)20-15(5-7-23-20)19(22)16-6-8-24-21(16)18-10-12(2)26-14(18)4/h5-10H,1-4H3. The molecule has 0 spiro atoms. The zero-order chi connectivity index (χ0) is 18.4. The summed E-state index contributed by atoms with van der Waals surface area (Å²) in [4.78, 5) is 20.7. The van der Waals surface area contributed by atoms with Crippen molar-refractivity contribution in [3.63, 3.8) is 0 Å². The van der Waals surface area contributed by atoms with Crippen LogP contribution < -0.4 is 0 Å². The SMILES string of the molecule is Cc1cc(-c2sccc2C(=O)c2ccsc2-c2cc(C)sc2C)c(C)s1. The third-order valence-electron chi connectivity index (χ3n) is 4.39. The van der Waals surface area contributed by atoms with Gasteiger partial charge in [-0.1, -0.05) is 0 Å². The third-order valence-corrected chi connectivity index (χ3v) is 8.22. The van der Waals surface area contributed by atoms with Crippen molar-refractivity contribution in [1.29, 1.82) is 0 Å². The van der Waals surface area contributed by atoms with Crippen molar-refractivity contribution in [1.82, 2.24) is 0 Å². The third kappa shape index (κ3) is 3.03. The Kier molecular flexibility index (Phi) is 4.73. The van der Waals surface area contributed by atoms with Gasteiger partial charge in [0.2, 0.25) is 0 Å². The molecule has 0 bridgehead atoms. The fourth-order valence-electron chi connectivity index (χ4n) is 3.25. The molecule has 1 nitrogen and oxygen atoms in total. The molecule has 26 heavy (non-hydrogen) atoms. The highest BCUT2D eigenvalue weighted by Gasteiger charge is 2.23. The van der Waals surface area contributed by atoms with E-state index in [9.17, 15) is 4.79 Å². The Balaban J connectivity index is 1.80. The van der Waals surface area contributed by atoms with Crippen LogP contribution in [0.4, 0.5) is 0 Å². The molecule has 0 unspecified atom stereocenters. The van der Waals surface area contributed by atoms with Crippen molar-refractivity contribution in [2.24, 2.45) is 0 Å². The van der Waals surface area contributed by atoms with Crippen LogP contribution in [0.1, 0.15) is 35.4 Å². The van der Waals surface area contributed by atoms with Crippen LogP contribution in [0.15, 0.2) is 35.0 Å². The van der Waals surface area contributed by atoms with E-state index >= 15 is 0 Å². The lowest BCUT2D eigenvalue weighted by molar-refractivity contribution is 0.104. The highest BCUT2D eigenvalue weighted by molar-refractivity contribution is 7.16. The number of carbonyl (C=O) groups is 1. The van der Waals surface area contributed by atoms with Gasteiger partial charge in [0.05, 0.1) is 0 Å². The number of hydrogen-bond donors (Lipinski definition) is 0. The average molecular weight is 415 g/mol. The van der Waals surface area contributed by atoms with Gasteiger partial charge in [-0.05, 0) is 62.7 Å². The van der Waals surface area contributed by atoms with Crippen molar-refractivity contribution >= 4 is 51.1 Å². The molecule has 0 aliphatic heterocycles. The molecule has 4 aromatic heterocycles. The molecule has 4 aromatic rings. The van der Waals surface area contributed by atoms with E-state index in [1.807, 2.05) is 22.9 Å². The van der Waals surface area contributed by atoms with Crippen LogP contribution in [0.2, 0.25) is 0 Å². The highest BCUT2D eigenvalue weighted by Crippen LogP contribution is 2.41. The molecule has 0 radical (unpaired) electrons. The van der Waals surface area contributed by atoms with Crippen molar-refractivity contribution in [2.75, 3.05) is 0 Å². The van der Waals surface area contributed by atoms with Crippen molar-refractivity contribution in [3.05, 3.63) is 65.7 Å². The lowest BCUT2D eigenvalue weighted by Gasteiger charge is -2.05. The Morgan fingerprint density at radius 3 is 1.50 bits per heavy atom. The van der Waals surface area contributed by atoms with E-state index in [2.05, 4.69) is 39.8 Å². The van der Waals surface area contributed by atoms with Gasteiger partial charge < -0.3 is 0 Å². The molecule has 0 saturated heterocycles. The Morgan fingerprint density at radius 2 is 1.15 bits per heavy atom. The molecular formula is C21H18OS4. The maximum atomic E-state index is 13.4. The van der Waals surface area contributed by atoms with Gasteiger partial charge in [0.25, 0.3) is 0 Å². The van der Waals surface area contributed by atoms with E-state index in [0.717, 1.165) is 20.9 Å². The first-order chi connectivity index (χ1) is 12.5. The Hall–Kier alpha value is -1.53. The van der Waals surface area contributed by atoms with Crippen LogP contribution in [0.3, 0.4) is 0 Å². The second kappa shape index (κ2) is 6.89. The lowest BCUT2D eigenvalue weighted by Crippen LogP contribution is -2.01. The van der Waals surface area contributed by atoms with E-state index in [1.165, 1.54) is 30.6 Å². The van der Waals surface area contributed by atoms with Gasteiger partial charge in [-0.2, -0.15) is 0 Å². The smallest absolute Gasteiger partial charge is 0.195 e. The van der Waals surface area contributed by atoms with E-state index in [0.29, 0.717) is 0 Å². The van der Waals surface area contributed by atoms with Crippen molar-refractivity contribution in [2.45, 2.75) is 27.7 Å². The van der Waals surface area contributed by atoms with Gasteiger partial charge in [0, 0.05) is 51.5 Å². The molecule has 4 rings (SSSR count). The molecule has 0 atom stereocenters. The fourth-order valence-corrected chi connectivity index (χ4v) is 7.18. The number of rotatable bonds is 4. The number of aryl methyl sites for hydroxylation is 4. The summed E-state index contributed by atoms with van der Waals surface area (Å²) in [7, 11) is 0. The molecule has 5 heteroatoms. The molecule has 0 saturated carbocycles. The second-order valence-corrected chi connectivity index (χ2v) is 11.1. The van der Waals surface area contributed by atoms with Gasteiger partial charge in [-0.25, -0.2) is 0 Å². The molecule has 0 amide bonds.